The van der Waals surface area contributed by atoms with Crippen molar-refractivity contribution in [1.29, 1.82) is 0 Å². The summed E-state index contributed by atoms with van der Waals surface area (Å²) in [5, 5.41) is 4.09. The summed E-state index contributed by atoms with van der Waals surface area (Å²) < 4.78 is 0. The van der Waals surface area contributed by atoms with Crippen LogP contribution in [0, 0.1) is 0 Å². The Labute approximate surface area is 89.0 Å². The van der Waals surface area contributed by atoms with Gasteiger partial charge in [-0.3, -0.25) is 5.43 Å². The third-order valence-corrected chi connectivity index (χ3v) is 1.89. The molecule has 0 amide bonds. The van der Waals surface area contributed by atoms with Crippen molar-refractivity contribution in [3.05, 3.63) is 35.9 Å². The number of nitrogens with two attached hydrogens (primary N) is 1. The van der Waals surface area contributed by atoms with Crippen LogP contribution in [0.1, 0.15) is 18.4 Å². The van der Waals surface area contributed by atoms with Gasteiger partial charge in [-0.1, -0.05) is 37.3 Å². The zero-order chi connectivity index (χ0) is 10.4. The van der Waals surface area contributed by atoms with Crippen molar-refractivity contribution in [3.8, 4) is 0 Å². The van der Waals surface area contributed by atoms with Crippen molar-refractivity contribution in [3.63, 3.8) is 0 Å². The molecule has 0 unspecified atom stereocenters. The lowest BCUT2D eigenvalue weighted by molar-refractivity contribution is 0.979. The molecular formula is C10H13N3S. The van der Waals surface area contributed by atoms with Crippen molar-refractivity contribution >= 4 is 23.5 Å². The number of nitrogens with zero attached hydrogens (tertiary/aromatic N) is 1. The van der Waals surface area contributed by atoms with Crippen molar-refractivity contribution in [1.82, 2.24) is 5.43 Å². The Bertz CT molecular complexity index is 321. The molecule has 0 fully saturated rings. The minimum absolute atomic E-state index is 0.182. The Morgan fingerprint density at radius 1 is 1.50 bits per heavy atom. The minimum Gasteiger partial charge on any atom is -0.375 e. The number of nitrogens with one attached hydrogen (secondary N) is 1. The van der Waals surface area contributed by atoms with Gasteiger partial charge in [-0.25, -0.2) is 0 Å². The topological polar surface area (TPSA) is 50.4 Å². The molecule has 4 heteroatoms. The van der Waals surface area contributed by atoms with E-state index in [4.69, 9.17) is 5.73 Å². The van der Waals surface area contributed by atoms with Crippen LogP contribution in [0.5, 0.6) is 0 Å². The van der Waals surface area contributed by atoms with E-state index in [9.17, 15) is 0 Å². The normalized spacial score (nSPS) is 12.6. The summed E-state index contributed by atoms with van der Waals surface area (Å²) in [6.45, 7) is 2.06. The van der Waals surface area contributed by atoms with E-state index in [0.29, 0.717) is 0 Å². The van der Waals surface area contributed by atoms with Crippen LogP contribution in [0.4, 0.5) is 0 Å². The summed E-state index contributed by atoms with van der Waals surface area (Å²) in [6.07, 6.45) is 1.77. The summed E-state index contributed by atoms with van der Waals surface area (Å²) in [5.74, 6) is 0.248. The molecule has 3 N–H and O–H groups in total. The SMILES string of the molecule is C[C@@H](/C=N\NC(N)=S)c1ccccc1. The number of rotatable bonds is 3. The molecule has 1 aromatic carbocycles. The van der Waals surface area contributed by atoms with Crippen LogP contribution in [0.3, 0.4) is 0 Å². The van der Waals surface area contributed by atoms with E-state index in [2.05, 4.69) is 41.8 Å². The Hall–Kier alpha value is -1.42. The number of hydrogen-bond donors (Lipinski definition) is 2. The minimum atomic E-state index is 0.182. The molecule has 0 aliphatic carbocycles. The van der Waals surface area contributed by atoms with Gasteiger partial charge in [0.25, 0.3) is 0 Å². The second-order valence-corrected chi connectivity index (χ2v) is 3.39. The fraction of sp³-hybridized carbons (Fsp3) is 0.200. The van der Waals surface area contributed by atoms with Crippen LogP contribution in [0.25, 0.3) is 0 Å². The van der Waals surface area contributed by atoms with E-state index in [1.807, 2.05) is 18.2 Å². The maximum atomic E-state index is 5.22. The highest BCUT2D eigenvalue weighted by molar-refractivity contribution is 7.80. The molecule has 14 heavy (non-hydrogen) atoms. The standard InChI is InChI=1S/C10H13N3S/c1-8(7-12-13-10(11)14)9-5-3-2-4-6-9/h2-8H,1H3,(H3,11,13,14)/b12-7-/t8-/m0/s1. The number of hydrazone groups is 1. The largest absolute Gasteiger partial charge is 0.375 e. The van der Waals surface area contributed by atoms with Crippen molar-refractivity contribution in [2.75, 3.05) is 0 Å². The summed E-state index contributed by atoms with van der Waals surface area (Å²) >= 11 is 4.62. The molecule has 0 aromatic heterocycles. The molecule has 1 aromatic rings. The van der Waals surface area contributed by atoms with Gasteiger partial charge in [0.2, 0.25) is 0 Å². The molecule has 0 heterocycles. The first-order valence-electron chi connectivity index (χ1n) is 4.33. The fourth-order valence-electron chi connectivity index (χ4n) is 1.06. The quantitative estimate of drug-likeness (QED) is 0.450. The summed E-state index contributed by atoms with van der Waals surface area (Å²) in [5.41, 5.74) is 8.96. The average Bonchev–Trinajstić information content (AvgIpc) is 2.18. The Morgan fingerprint density at radius 3 is 2.71 bits per heavy atom. The predicted octanol–water partition coefficient (Wildman–Crippen LogP) is 1.61. The number of benzene rings is 1. The average molecular weight is 207 g/mol. The van der Waals surface area contributed by atoms with Crippen LogP contribution in [0.15, 0.2) is 35.4 Å². The Balaban J connectivity index is 2.54. The second kappa shape index (κ2) is 5.34. The van der Waals surface area contributed by atoms with E-state index in [-0.39, 0.29) is 11.0 Å². The van der Waals surface area contributed by atoms with Gasteiger partial charge in [0, 0.05) is 12.1 Å². The lowest BCUT2D eigenvalue weighted by Crippen LogP contribution is -2.24. The van der Waals surface area contributed by atoms with Crippen molar-refractivity contribution in [2.24, 2.45) is 10.8 Å². The Morgan fingerprint density at radius 2 is 2.14 bits per heavy atom. The zero-order valence-electron chi connectivity index (χ0n) is 7.97. The maximum absolute atomic E-state index is 5.22. The van der Waals surface area contributed by atoms with Crippen molar-refractivity contribution < 1.29 is 0 Å². The number of thiocarbonyl (C=S) groups is 1. The molecule has 0 bridgehead atoms. The molecule has 0 aliphatic rings. The molecule has 0 saturated carbocycles. The molecule has 0 saturated heterocycles. The van der Waals surface area contributed by atoms with Gasteiger partial charge >= 0.3 is 0 Å². The monoisotopic (exact) mass is 207 g/mol. The van der Waals surface area contributed by atoms with Crippen LogP contribution in [0.2, 0.25) is 0 Å². The van der Waals surface area contributed by atoms with Gasteiger partial charge < -0.3 is 5.73 Å². The van der Waals surface area contributed by atoms with E-state index < -0.39 is 0 Å². The van der Waals surface area contributed by atoms with E-state index in [0.717, 1.165) is 0 Å². The van der Waals surface area contributed by atoms with Gasteiger partial charge in [-0.15, -0.1) is 0 Å². The third kappa shape index (κ3) is 3.53. The lowest BCUT2D eigenvalue weighted by Gasteiger charge is -2.04. The first-order chi connectivity index (χ1) is 6.70. The van der Waals surface area contributed by atoms with Crippen LogP contribution in [-0.4, -0.2) is 11.3 Å². The van der Waals surface area contributed by atoms with E-state index in [1.165, 1.54) is 5.56 Å². The van der Waals surface area contributed by atoms with Crippen LogP contribution < -0.4 is 11.2 Å². The highest BCUT2D eigenvalue weighted by Gasteiger charge is 1.99. The molecule has 74 valence electrons. The molecule has 0 spiro atoms. The van der Waals surface area contributed by atoms with E-state index >= 15 is 0 Å². The lowest BCUT2D eigenvalue weighted by atomic mass is 10.0. The molecule has 1 atom stereocenters. The summed E-state index contributed by atoms with van der Waals surface area (Å²) in [6, 6.07) is 10.1. The molecule has 0 radical (unpaired) electrons. The highest BCUT2D eigenvalue weighted by atomic mass is 32.1. The number of hydrogen-bond acceptors (Lipinski definition) is 2. The second-order valence-electron chi connectivity index (χ2n) is 2.95. The van der Waals surface area contributed by atoms with E-state index in [1.54, 1.807) is 6.21 Å². The van der Waals surface area contributed by atoms with Gasteiger partial charge in [-0.05, 0) is 17.8 Å². The predicted molar refractivity (Wildman–Crippen MR) is 63.3 cm³/mol. The first kappa shape index (κ1) is 10.7. The molecule has 0 aliphatic heterocycles. The van der Waals surface area contributed by atoms with Crippen LogP contribution in [-0.2, 0) is 0 Å². The molecule has 1 rings (SSSR count). The molecule has 3 nitrogen and oxygen atoms in total. The van der Waals surface area contributed by atoms with Gasteiger partial charge in [-0.2, -0.15) is 5.10 Å². The van der Waals surface area contributed by atoms with Gasteiger partial charge in [0.15, 0.2) is 5.11 Å². The van der Waals surface area contributed by atoms with Crippen LogP contribution >= 0.6 is 12.2 Å². The fourth-order valence-corrected chi connectivity index (χ4v) is 1.11. The van der Waals surface area contributed by atoms with Gasteiger partial charge in [0.05, 0.1) is 0 Å². The van der Waals surface area contributed by atoms with Gasteiger partial charge in [0.1, 0.15) is 0 Å². The summed E-state index contributed by atoms with van der Waals surface area (Å²) in [7, 11) is 0. The Kier molecular flexibility index (Phi) is 4.07. The third-order valence-electron chi connectivity index (χ3n) is 1.80. The highest BCUT2D eigenvalue weighted by Crippen LogP contribution is 2.11. The zero-order valence-corrected chi connectivity index (χ0v) is 8.79. The smallest absolute Gasteiger partial charge is 0.184 e. The first-order valence-corrected chi connectivity index (χ1v) is 4.74. The molecular weight excluding hydrogens is 194 g/mol. The maximum Gasteiger partial charge on any atom is 0.184 e. The summed E-state index contributed by atoms with van der Waals surface area (Å²) in [4.78, 5) is 0. The van der Waals surface area contributed by atoms with Crippen molar-refractivity contribution in [2.45, 2.75) is 12.8 Å².